The normalized spacial score (nSPS) is 22.3. The van der Waals surface area contributed by atoms with Crippen LogP contribution in [0.15, 0.2) is 36.9 Å². The number of ether oxygens (including phenoxy) is 1. The van der Waals surface area contributed by atoms with Gasteiger partial charge in [-0.25, -0.2) is 0 Å². The molecule has 1 fully saturated rings. The molecule has 0 unspecified atom stereocenters. The van der Waals surface area contributed by atoms with Crippen LogP contribution in [0.5, 0.6) is 5.75 Å². The van der Waals surface area contributed by atoms with E-state index in [0.717, 1.165) is 31.7 Å². The van der Waals surface area contributed by atoms with Crippen molar-refractivity contribution >= 4 is 0 Å². The summed E-state index contributed by atoms with van der Waals surface area (Å²) in [6, 6.07) is 8.05. The number of aliphatic hydroxyl groups is 1. The molecule has 0 radical (unpaired) electrons. The Morgan fingerprint density at radius 3 is 2.89 bits per heavy atom. The lowest BCUT2D eigenvalue weighted by Crippen LogP contribution is -2.35. The molecule has 0 spiro atoms. The second kappa shape index (κ2) is 6.57. The first-order chi connectivity index (χ1) is 8.79. The van der Waals surface area contributed by atoms with E-state index in [0.29, 0.717) is 12.5 Å². The minimum absolute atomic E-state index is 0.0694. The average Bonchev–Trinajstić information content (AvgIpc) is 2.35. The third-order valence-corrected chi connectivity index (χ3v) is 3.29. The Labute approximate surface area is 108 Å². The summed E-state index contributed by atoms with van der Waals surface area (Å²) < 4.78 is 5.60. The maximum Gasteiger partial charge on any atom is 0.124 e. The zero-order valence-corrected chi connectivity index (χ0v) is 10.6. The summed E-state index contributed by atoms with van der Waals surface area (Å²) >= 11 is 0. The van der Waals surface area contributed by atoms with Gasteiger partial charge in [0.2, 0.25) is 0 Å². The van der Waals surface area contributed by atoms with Gasteiger partial charge in [-0.2, -0.15) is 0 Å². The van der Waals surface area contributed by atoms with Crippen LogP contribution in [0.3, 0.4) is 0 Å². The first kappa shape index (κ1) is 13.1. The number of aliphatic hydroxyl groups excluding tert-OH is 1. The molecule has 0 saturated heterocycles. The standard InChI is InChI=1S/C15H21NO2/c1-2-7-18-15-6-4-3-5-13(15)11-16-10-12-8-14(17)9-12/h2-6,12,14,16-17H,1,7-11H2. The molecular weight excluding hydrogens is 226 g/mol. The Balaban J connectivity index is 1.78. The lowest BCUT2D eigenvalue weighted by Gasteiger charge is -2.31. The Bertz CT molecular complexity index is 386. The van der Waals surface area contributed by atoms with E-state index in [4.69, 9.17) is 4.74 Å². The first-order valence-electron chi connectivity index (χ1n) is 6.50. The van der Waals surface area contributed by atoms with Crippen LogP contribution in [0, 0.1) is 5.92 Å². The van der Waals surface area contributed by atoms with Gasteiger partial charge in [-0.1, -0.05) is 30.9 Å². The van der Waals surface area contributed by atoms with Crippen molar-refractivity contribution in [1.29, 1.82) is 0 Å². The van der Waals surface area contributed by atoms with Crippen LogP contribution in [0.1, 0.15) is 18.4 Å². The molecule has 0 bridgehead atoms. The molecule has 2 N–H and O–H groups in total. The van der Waals surface area contributed by atoms with Crippen molar-refractivity contribution in [3.63, 3.8) is 0 Å². The molecule has 3 nitrogen and oxygen atoms in total. The van der Waals surface area contributed by atoms with Crippen molar-refractivity contribution in [3.8, 4) is 5.75 Å². The second-order valence-corrected chi connectivity index (χ2v) is 4.83. The topological polar surface area (TPSA) is 41.5 Å². The molecular formula is C15H21NO2. The van der Waals surface area contributed by atoms with Crippen LogP contribution < -0.4 is 10.1 Å². The minimum Gasteiger partial charge on any atom is -0.489 e. The third-order valence-electron chi connectivity index (χ3n) is 3.29. The molecule has 18 heavy (non-hydrogen) atoms. The molecule has 0 heterocycles. The van der Waals surface area contributed by atoms with E-state index < -0.39 is 0 Å². The zero-order chi connectivity index (χ0) is 12.8. The molecule has 1 aliphatic rings. The summed E-state index contributed by atoms with van der Waals surface area (Å²) in [5.74, 6) is 1.54. The van der Waals surface area contributed by atoms with E-state index in [1.807, 2.05) is 18.2 Å². The summed E-state index contributed by atoms with van der Waals surface area (Å²) in [6.45, 7) is 5.96. The molecule has 0 atom stereocenters. The maximum atomic E-state index is 9.22. The van der Waals surface area contributed by atoms with Crippen LogP contribution in [0.25, 0.3) is 0 Å². The van der Waals surface area contributed by atoms with E-state index in [9.17, 15) is 5.11 Å². The van der Waals surface area contributed by atoms with Gasteiger partial charge in [0.25, 0.3) is 0 Å². The number of hydrogen-bond acceptors (Lipinski definition) is 3. The molecule has 1 aliphatic carbocycles. The number of rotatable bonds is 7. The predicted octanol–water partition coefficient (Wildman–Crippen LogP) is 2.11. The minimum atomic E-state index is -0.0694. The van der Waals surface area contributed by atoms with Gasteiger partial charge < -0.3 is 15.2 Å². The van der Waals surface area contributed by atoms with Crippen molar-refractivity contribution in [2.45, 2.75) is 25.5 Å². The van der Waals surface area contributed by atoms with Gasteiger partial charge in [0.15, 0.2) is 0 Å². The quantitative estimate of drug-likeness (QED) is 0.725. The van der Waals surface area contributed by atoms with Crippen LogP contribution in [0.4, 0.5) is 0 Å². The summed E-state index contributed by atoms with van der Waals surface area (Å²) in [7, 11) is 0. The monoisotopic (exact) mass is 247 g/mol. The fraction of sp³-hybridized carbons (Fsp3) is 0.467. The van der Waals surface area contributed by atoms with Gasteiger partial charge >= 0.3 is 0 Å². The van der Waals surface area contributed by atoms with Gasteiger partial charge in [-0.3, -0.25) is 0 Å². The van der Waals surface area contributed by atoms with Crippen molar-refractivity contribution in [2.75, 3.05) is 13.2 Å². The molecule has 0 aliphatic heterocycles. The number of para-hydroxylation sites is 1. The van der Waals surface area contributed by atoms with Crippen LogP contribution in [0.2, 0.25) is 0 Å². The van der Waals surface area contributed by atoms with Crippen LogP contribution >= 0.6 is 0 Å². The smallest absolute Gasteiger partial charge is 0.124 e. The summed E-state index contributed by atoms with van der Waals surface area (Å²) in [6.07, 6.45) is 3.54. The Morgan fingerprint density at radius 1 is 1.39 bits per heavy atom. The lowest BCUT2D eigenvalue weighted by atomic mass is 9.82. The lowest BCUT2D eigenvalue weighted by molar-refractivity contribution is 0.0429. The highest BCUT2D eigenvalue weighted by molar-refractivity contribution is 5.33. The van der Waals surface area contributed by atoms with Crippen molar-refractivity contribution < 1.29 is 9.84 Å². The number of nitrogens with one attached hydrogen (secondary N) is 1. The second-order valence-electron chi connectivity index (χ2n) is 4.83. The summed E-state index contributed by atoms with van der Waals surface area (Å²) in [4.78, 5) is 0. The third kappa shape index (κ3) is 3.59. The molecule has 2 rings (SSSR count). The number of benzene rings is 1. The van der Waals surface area contributed by atoms with E-state index in [1.54, 1.807) is 6.08 Å². The summed E-state index contributed by atoms with van der Waals surface area (Å²) in [5, 5.41) is 12.6. The highest BCUT2D eigenvalue weighted by Gasteiger charge is 2.26. The highest BCUT2D eigenvalue weighted by Crippen LogP contribution is 2.26. The molecule has 0 aromatic heterocycles. The predicted molar refractivity (Wildman–Crippen MR) is 72.6 cm³/mol. The van der Waals surface area contributed by atoms with E-state index in [-0.39, 0.29) is 6.10 Å². The molecule has 1 aromatic carbocycles. The average molecular weight is 247 g/mol. The van der Waals surface area contributed by atoms with Crippen LogP contribution in [-0.2, 0) is 6.54 Å². The summed E-state index contributed by atoms with van der Waals surface area (Å²) in [5.41, 5.74) is 1.17. The highest BCUT2D eigenvalue weighted by atomic mass is 16.5. The number of hydrogen-bond donors (Lipinski definition) is 2. The van der Waals surface area contributed by atoms with Crippen molar-refractivity contribution in [1.82, 2.24) is 5.32 Å². The van der Waals surface area contributed by atoms with Crippen molar-refractivity contribution in [2.24, 2.45) is 5.92 Å². The van der Waals surface area contributed by atoms with Gasteiger partial charge in [-0.15, -0.1) is 0 Å². The molecule has 1 saturated carbocycles. The fourth-order valence-electron chi connectivity index (χ4n) is 2.22. The SMILES string of the molecule is C=CCOc1ccccc1CNCC1CC(O)C1. The maximum absolute atomic E-state index is 9.22. The van der Waals surface area contributed by atoms with E-state index in [2.05, 4.69) is 18.0 Å². The Kier molecular flexibility index (Phi) is 4.79. The molecule has 0 amide bonds. The van der Waals surface area contributed by atoms with Gasteiger partial charge in [-0.05, 0) is 31.4 Å². The zero-order valence-electron chi connectivity index (χ0n) is 10.6. The molecule has 1 aromatic rings. The van der Waals surface area contributed by atoms with E-state index in [1.165, 1.54) is 5.56 Å². The van der Waals surface area contributed by atoms with Gasteiger partial charge in [0.05, 0.1) is 6.10 Å². The first-order valence-corrected chi connectivity index (χ1v) is 6.50. The van der Waals surface area contributed by atoms with Crippen LogP contribution in [-0.4, -0.2) is 24.4 Å². The Morgan fingerprint density at radius 2 is 2.17 bits per heavy atom. The Hall–Kier alpha value is -1.32. The van der Waals surface area contributed by atoms with Gasteiger partial charge in [0, 0.05) is 12.1 Å². The van der Waals surface area contributed by atoms with Crippen molar-refractivity contribution in [3.05, 3.63) is 42.5 Å². The van der Waals surface area contributed by atoms with E-state index >= 15 is 0 Å². The molecule has 98 valence electrons. The van der Waals surface area contributed by atoms with Gasteiger partial charge in [0.1, 0.15) is 12.4 Å². The molecule has 3 heteroatoms. The largest absolute Gasteiger partial charge is 0.489 e. The fourth-order valence-corrected chi connectivity index (χ4v) is 2.22.